The lowest BCUT2D eigenvalue weighted by molar-refractivity contribution is -0.385. The number of hydrogen-bond donors (Lipinski definition) is 1. The van der Waals surface area contributed by atoms with E-state index in [4.69, 9.17) is 0 Å². The Morgan fingerprint density at radius 2 is 1.96 bits per heavy atom. The molecule has 1 aliphatic heterocycles. The Labute approximate surface area is 140 Å². The van der Waals surface area contributed by atoms with E-state index in [-0.39, 0.29) is 29.1 Å². The molecule has 1 saturated carbocycles. The van der Waals surface area contributed by atoms with Gasteiger partial charge in [-0.05, 0) is 18.9 Å². The minimum Gasteiger partial charge on any atom is -0.351 e. The molecule has 2 fully saturated rings. The largest absolute Gasteiger partial charge is 0.351 e. The van der Waals surface area contributed by atoms with Gasteiger partial charge in [0.05, 0.1) is 10.5 Å². The fourth-order valence-electron chi connectivity index (χ4n) is 3.47. The van der Waals surface area contributed by atoms with Gasteiger partial charge in [0.1, 0.15) is 6.04 Å². The highest BCUT2D eigenvalue weighted by Gasteiger charge is 2.40. The molecular weight excluding hydrogens is 310 g/mol. The molecule has 2 amide bonds. The predicted octanol–water partition coefficient (Wildman–Crippen LogP) is 2.32. The summed E-state index contributed by atoms with van der Waals surface area (Å²) in [6, 6.07) is 5.33. The standard InChI is InChI=1S/C17H21N3O4/c21-15-10-11-19(15)16(13-8-4-5-9-14(13)20(23)24)17(22)18-12-6-2-1-3-7-12/h4-5,8-9,12,16H,1-3,6-7,10-11H2,(H,18,22). The Bertz CT molecular complexity index is 655. The molecule has 1 aliphatic carbocycles. The summed E-state index contributed by atoms with van der Waals surface area (Å²) in [4.78, 5) is 37.0. The minimum absolute atomic E-state index is 0.0906. The quantitative estimate of drug-likeness (QED) is 0.509. The van der Waals surface area contributed by atoms with Gasteiger partial charge < -0.3 is 10.2 Å². The van der Waals surface area contributed by atoms with Crippen LogP contribution in [-0.2, 0) is 9.59 Å². The number of nitrogens with zero attached hydrogens (tertiary/aromatic N) is 2. The lowest BCUT2D eigenvalue weighted by atomic mass is 9.94. The molecule has 0 radical (unpaired) electrons. The number of nitro groups is 1. The summed E-state index contributed by atoms with van der Waals surface area (Å²) < 4.78 is 0. The Kier molecular flexibility index (Phi) is 4.78. The molecule has 24 heavy (non-hydrogen) atoms. The van der Waals surface area contributed by atoms with Gasteiger partial charge in [0.2, 0.25) is 11.8 Å². The van der Waals surface area contributed by atoms with Crippen LogP contribution >= 0.6 is 0 Å². The van der Waals surface area contributed by atoms with Crippen molar-refractivity contribution < 1.29 is 14.5 Å². The van der Waals surface area contributed by atoms with Crippen molar-refractivity contribution >= 4 is 17.5 Å². The molecule has 3 rings (SSSR count). The summed E-state index contributed by atoms with van der Waals surface area (Å²) in [6.45, 7) is 0.452. The number of amides is 2. The van der Waals surface area contributed by atoms with Gasteiger partial charge in [-0.2, -0.15) is 0 Å². The van der Waals surface area contributed by atoms with Crippen LogP contribution < -0.4 is 5.32 Å². The van der Waals surface area contributed by atoms with E-state index in [0.717, 1.165) is 25.7 Å². The van der Waals surface area contributed by atoms with Gasteiger partial charge in [0.15, 0.2) is 0 Å². The third kappa shape index (κ3) is 3.25. The van der Waals surface area contributed by atoms with Gasteiger partial charge in [0, 0.05) is 25.1 Å². The first-order chi connectivity index (χ1) is 11.6. The Balaban J connectivity index is 1.88. The molecule has 0 aromatic heterocycles. The molecule has 1 aromatic carbocycles. The third-order valence-electron chi connectivity index (χ3n) is 4.83. The summed E-state index contributed by atoms with van der Waals surface area (Å²) in [5.74, 6) is -0.457. The molecule has 1 unspecified atom stereocenters. The lowest BCUT2D eigenvalue weighted by Crippen LogP contribution is -2.52. The number of carbonyl (C=O) groups excluding carboxylic acids is 2. The Morgan fingerprint density at radius 3 is 2.54 bits per heavy atom. The molecule has 1 atom stereocenters. The topological polar surface area (TPSA) is 92.5 Å². The smallest absolute Gasteiger partial charge is 0.275 e. The summed E-state index contributed by atoms with van der Waals surface area (Å²) in [7, 11) is 0. The van der Waals surface area contributed by atoms with E-state index in [0.29, 0.717) is 13.0 Å². The van der Waals surface area contributed by atoms with E-state index < -0.39 is 11.0 Å². The summed E-state index contributed by atoms with van der Waals surface area (Å²) >= 11 is 0. The number of nitrogens with one attached hydrogen (secondary N) is 1. The van der Waals surface area contributed by atoms with Crippen molar-refractivity contribution in [2.45, 2.75) is 50.6 Å². The number of β-lactam (4-membered cyclic amide) rings is 1. The molecule has 7 nitrogen and oxygen atoms in total. The number of hydrogen-bond acceptors (Lipinski definition) is 4. The zero-order valence-electron chi connectivity index (χ0n) is 13.4. The highest BCUT2D eigenvalue weighted by atomic mass is 16.6. The maximum Gasteiger partial charge on any atom is 0.275 e. The summed E-state index contributed by atoms with van der Waals surface area (Å²) in [6.07, 6.45) is 5.54. The normalized spacial score (nSPS) is 19.5. The molecule has 7 heteroatoms. The Morgan fingerprint density at radius 1 is 1.25 bits per heavy atom. The lowest BCUT2D eigenvalue weighted by Gasteiger charge is -2.38. The molecule has 128 valence electrons. The first kappa shape index (κ1) is 16.4. The van der Waals surface area contributed by atoms with E-state index in [2.05, 4.69) is 5.32 Å². The molecule has 1 N–H and O–H groups in total. The van der Waals surface area contributed by atoms with E-state index >= 15 is 0 Å². The molecule has 0 bridgehead atoms. The fourth-order valence-corrected chi connectivity index (χ4v) is 3.47. The maximum atomic E-state index is 12.8. The zero-order chi connectivity index (χ0) is 17.1. The van der Waals surface area contributed by atoms with Crippen LogP contribution in [0.15, 0.2) is 24.3 Å². The van der Waals surface area contributed by atoms with Gasteiger partial charge in [-0.3, -0.25) is 19.7 Å². The van der Waals surface area contributed by atoms with E-state index in [1.54, 1.807) is 18.2 Å². The van der Waals surface area contributed by atoms with Crippen LogP contribution in [0.4, 0.5) is 5.69 Å². The summed E-state index contributed by atoms with van der Waals surface area (Å²) in [5, 5.41) is 14.3. The first-order valence-electron chi connectivity index (χ1n) is 8.41. The fraction of sp³-hybridized carbons (Fsp3) is 0.529. The molecule has 1 saturated heterocycles. The SMILES string of the molecule is O=C(NC1CCCCC1)C(c1ccccc1[N+](=O)[O-])N1CCC1=O. The molecule has 1 aromatic rings. The van der Waals surface area contributed by atoms with Crippen molar-refractivity contribution in [3.05, 3.63) is 39.9 Å². The van der Waals surface area contributed by atoms with E-state index in [1.807, 2.05) is 0 Å². The molecule has 2 aliphatic rings. The average Bonchev–Trinajstić information content (AvgIpc) is 2.58. The van der Waals surface area contributed by atoms with Gasteiger partial charge in [0.25, 0.3) is 5.69 Å². The average molecular weight is 331 g/mol. The molecule has 1 heterocycles. The van der Waals surface area contributed by atoms with Crippen LogP contribution in [0.1, 0.15) is 50.1 Å². The second-order valence-corrected chi connectivity index (χ2v) is 6.40. The van der Waals surface area contributed by atoms with Crippen molar-refractivity contribution in [1.82, 2.24) is 10.2 Å². The predicted molar refractivity (Wildman–Crippen MR) is 87.2 cm³/mol. The van der Waals surface area contributed by atoms with E-state index in [9.17, 15) is 19.7 Å². The van der Waals surface area contributed by atoms with Gasteiger partial charge in [-0.1, -0.05) is 31.4 Å². The highest BCUT2D eigenvalue weighted by Crippen LogP contribution is 2.33. The van der Waals surface area contributed by atoms with Crippen molar-refractivity contribution in [1.29, 1.82) is 0 Å². The highest BCUT2D eigenvalue weighted by molar-refractivity contribution is 5.92. The molecule has 0 spiro atoms. The van der Waals surface area contributed by atoms with E-state index in [1.165, 1.54) is 17.4 Å². The molecular formula is C17H21N3O4. The number of benzene rings is 1. The zero-order valence-corrected chi connectivity index (χ0v) is 13.4. The summed E-state index contributed by atoms with van der Waals surface area (Å²) in [5.41, 5.74) is 0.157. The van der Waals surface area contributed by atoms with Crippen LogP contribution in [-0.4, -0.2) is 34.2 Å². The van der Waals surface area contributed by atoms with Gasteiger partial charge in [-0.25, -0.2) is 0 Å². The monoisotopic (exact) mass is 331 g/mol. The van der Waals surface area contributed by atoms with Crippen molar-refractivity contribution in [3.8, 4) is 0 Å². The van der Waals surface area contributed by atoms with Crippen LogP contribution in [0.25, 0.3) is 0 Å². The second kappa shape index (κ2) is 6.98. The number of para-hydroxylation sites is 1. The van der Waals surface area contributed by atoms with Crippen LogP contribution in [0.5, 0.6) is 0 Å². The maximum absolute atomic E-state index is 12.8. The van der Waals surface area contributed by atoms with Crippen molar-refractivity contribution in [2.24, 2.45) is 0 Å². The number of likely N-dealkylation sites (tertiary alicyclic amines) is 1. The second-order valence-electron chi connectivity index (χ2n) is 6.40. The van der Waals surface area contributed by atoms with Crippen LogP contribution in [0.3, 0.4) is 0 Å². The van der Waals surface area contributed by atoms with Gasteiger partial charge in [-0.15, -0.1) is 0 Å². The number of carbonyl (C=O) groups is 2. The third-order valence-corrected chi connectivity index (χ3v) is 4.83. The Hall–Kier alpha value is -2.44. The van der Waals surface area contributed by atoms with Crippen molar-refractivity contribution in [2.75, 3.05) is 6.54 Å². The first-order valence-corrected chi connectivity index (χ1v) is 8.41. The van der Waals surface area contributed by atoms with Crippen molar-refractivity contribution in [3.63, 3.8) is 0 Å². The number of nitro benzene ring substituents is 1. The van der Waals surface area contributed by atoms with Crippen LogP contribution in [0, 0.1) is 10.1 Å². The van der Waals surface area contributed by atoms with Crippen LogP contribution in [0.2, 0.25) is 0 Å². The number of rotatable bonds is 5. The minimum atomic E-state index is -0.922. The van der Waals surface area contributed by atoms with Gasteiger partial charge >= 0.3 is 0 Å².